The second kappa shape index (κ2) is 6.24. The first-order valence-electron chi connectivity index (χ1n) is 7.83. The van der Waals surface area contributed by atoms with Gasteiger partial charge in [-0.1, -0.05) is 0 Å². The van der Waals surface area contributed by atoms with Gasteiger partial charge in [0.2, 0.25) is 0 Å². The Morgan fingerprint density at radius 3 is 2.95 bits per heavy atom. The molecular weight excluding hydrogens is 252 g/mol. The Labute approximate surface area is 121 Å². The lowest BCUT2D eigenvalue weighted by molar-refractivity contribution is 0.179. The third kappa shape index (κ3) is 2.90. The van der Waals surface area contributed by atoms with Gasteiger partial charge in [-0.2, -0.15) is 0 Å². The van der Waals surface area contributed by atoms with Gasteiger partial charge >= 0.3 is 0 Å². The number of rotatable bonds is 5. The molecule has 3 unspecified atom stereocenters. The number of hydrogen-bond donors (Lipinski definition) is 1. The van der Waals surface area contributed by atoms with Crippen LogP contribution >= 0.6 is 0 Å². The Bertz CT molecular complexity index is 421. The summed E-state index contributed by atoms with van der Waals surface area (Å²) < 4.78 is 7.70. The smallest absolute Gasteiger partial charge is 0.0949 e. The summed E-state index contributed by atoms with van der Waals surface area (Å²) >= 11 is 0. The van der Waals surface area contributed by atoms with Gasteiger partial charge in [0.15, 0.2) is 0 Å². The number of aromatic nitrogens is 2. The van der Waals surface area contributed by atoms with Gasteiger partial charge in [0, 0.05) is 31.3 Å². The molecule has 112 valence electrons. The Morgan fingerprint density at radius 2 is 2.25 bits per heavy atom. The van der Waals surface area contributed by atoms with Crippen LogP contribution in [-0.2, 0) is 11.3 Å². The van der Waals surface area contributed by atoms with E-state index in [0.29, 0.717) is 12.0 Å². The fourth-order valence-electron chi connectivity index (χ4n) is 3.42. The van der Waals surface area contributed by atoms with E-state index in [1.807, 2.05) is 12.5 Å². The van der Waals surface area contributed by atoms with Gasteiger partial charge in [-0.15, -0.1) is 0 Å². The van der Waals surface area contributed by atoms with Gasteiger partial charge < -0.3 is 15.0 Å². The highest BCUT2D eigenvalue weighted by molar-refractivity contribution is 5.07. The summed E-state index contributed by atoms with van der Waals surface area (Å²) in [6.07, 6.45) is 7.59. The third-order valence-corrected chi connectivity index (χ3v) is 4.78. The predicted octanol–water partition coefficient (Wildman–Crippen LogP) is 1.40. The third-order valence-electron chi connectivity index (χ3n) is 4.78. The summed E-state index contributed by atoms with van der Waals surface area (Å²) in [6.45, 7) is 7.38. The van der Waals surface area contributed by atoms with Crippen molar-refractivity contribution in [2.24, 2.45) is 11.7 Å². The summed E-state index contributed by atoms with van der Waals surface area (Å²) in [6, 6.07) is 0.600. The van der Waals surface area contributed by atoms with Crippen molar-refractivity contribution in [3.05, 3.63) is 18.2 Å². The number of likely N-dealkylation sites (tertiary alicyclic amines) is 1. The molecule has 2 aliphatic rings. The second-order valence-corrected chi connectivity index (χ2v) is 6.21. The molecule has 0 amide bonds. The molecule has 5 heteroatoms. The molecule has 1 aromatic heterocycles. The van der Waals surface area contributed by atoms with E-state index in [0.717, 1.165) is 31.9 Å². The second-order valence-electron chi connectivity index (χ2n) is 6.21. The SMILES string of the molecule is CC(Cn1cncc1C(N)C1CCOC1)N1CCCC1. The van der Waals surface area contributed by atoms with E-state index >= 15 is 0 Å². The lowest BCUT2D eigenvalue weighted by atomic mass is 9.97. The number of nitrogens with zero attached hydrogens (tertiary/aromatic N) is 3. The molecule has 3 atom stereocenters. The first kappa shape index (κ1) is 14.0. The van der Waals surface area contributed by atoms with E-state index < -0.39 is 0 Å². The zero-order valence-corrected chi connectivity index (χ0v) is 12.4. The van der Waals surface area contributed by atoms with Gasteiger partial charge in [0.1, 0.15) is 0 Å². The van der Waals surface area contributed by atoms with Crippen LogP contribution < -0.4 is 5.73 Å². The molecule has 2 fully saturated rings. The Balaban J connectivity index is 1.66. The molecule has 5 nitrogen and oxygen atoms in total. The monoisotopic (exact) mass is 278 g/mol. The van der Waals surface area contributed by atoms with E-state index in [-0.39, 0.29) is 6.04 Å². The van der Waals surface area contributed by atoms with E-state index in [2.05, 4.69) is 21.4 Å². The Morgan fingerprint density at radius 1 is 1.45 bits per heavy atom. The quantitative estimate of drug-likeness (QED) is 0.884. The van der Waals surface area contributed by atoms with Crippen molar-refractivity contribution in [3.8, 4) is 0 Å². The highest BCUT2D eigenvalue weighted by Gasteiger charge is 2.27. The molecule has 2 saturated heterocycles. The highest BCUT2D eigenvalue weighted by atomic mass is 16.5. The molecular formula is C15H26N4O. The molecule has 2 aliphatic heterocycles. The molecule has 1 aromatic rings. The predicted molar refractivity (Wildman–Crippen MR) is 78.4 cm³/mol. The Hall–Kier alpha value is -0.910. The van der Waals surface area contributed by atoms with Crippen LogP contribution in [-0.4, -0.2) is 46.8 Å². The number of imidazole rings is 1. The number of nitrogens with two attached hydrogens (primary N) is 1. The van der Waals surface area contributed by atoms with Gasteiger partial charge in [0.25, 0.3) is 0 Å². The first-order chi connectivity index (χ1) is 9.75. The lowest BCUT2D eigenvalue weighted by Gasteiger charge is -2.26. The molecule has 2 N–H and O–H groups in total. The maximum Gasteiger partial charge on any atom is 0.0949 e. The van der Waals surface area contributed by atoms with E-state index in [4.69, 9.17) is 10.5 Å². The fraction of sp³-hybridized carbons (Fsp3) is 0.800. The Kier molecular flexibility index (Phi) is 4.38. The first-order valence-corrected chi connectivity index (χ1v) is 7.83. The van der Waals surface area contributed by atoms with Crippen LogP contribution in [0.3, 0.4) is 0 Å². The fourth-order valence-corrected chi connectivity index (χ4v) is 3.42. The molecule has 20 heavy (non-hydrogen) atoms. The van der Waals surface area contributed by atoms with Crippen LogP contribution in [0.25, 0.3) is 0 Å². The average Bonchev–Trinajstić information content (AvgIpc) is 3.20. The van der Waals surface area contributed by atoms with Crippen molar-refractivity contribution in [2.45, 2.75) is 44.8 Å². The molecule has 0 aromatic carbocycles. The highest BCUT2D eigenvalue weighted by Crippen LogP contribution is 2.27. The molecule has 0 radical (unpaired) electrons. The molecule has 3 rings (SSSR count). The lowest BCUT2D eigenvalue weighted by Crippen LogP contribution is -2.35. The molecule has 0 saturated carbocycles. The minimum absolute atomic E-state index is 0.0470. The maximum atomic E-state index is 6.42. The summed E-state index contributed by atoms with van der Waals surface area (Å²) in [4.78, 5) is 6.88. The summed E-state index contributed by atoms with van der Waals surface area (Å²) in [5, 5.41) is 0. The normalized spacial score (nSPS) is 27.0. The van der Waals surface area contributed by atoms with Crippen molar-refractivity contribution in [1.82, 2.24) is 14.5 Å². The van der Waals surface area contributed by atoms with E-state index in [1.54, 1.807) is 0 Å². The van der Waals surface area contributed by atoms with Crippen LogP contribution in [0.1, 0.15) is 37.9 Å². The van der Waals surface area contributed by atoms with Crippen molar-refractivity contribution < 1.29 is 4.74 Å². The van der Waals surface area contributed by atoms with Crippen LogP contribution in [0, 0.1) is 5.92 Å². The van der Waals surface area contributed by atoms with Gasteiger partial charge in [-0.25, -0.2) is 4.98 Å². The van der Waals surface area contributed by atoms with Crippen molar-refractivity contribution in [2.75, 3.05) is 26.3 Å². The van der Waals surface area contributed by atoms with Crippen LogP contribution in [0.2, 0.25) is 0 Å². The van der Waals surface area contributed by atoms with Crippen molar-refractivity contribution in [3.63, 3.8) is 0 Å². The topological polar surface area (TPSA) is 56.3 Å². The largest absolute Gasteiger partial charge is 0.381 e. The van der Waals surface area contributed by atoms with E-state index in [9.17, 15) is 0 Å². The zero-order chi connectivity index (χ0) is 13.9. The minimum atomic E-state index is 0.0470. The maximum absolute atomic E-state index is 6.42. The van der Waals surface area contributed by atoms with Gasteiger partial charge in [-0.05, 0) is 39.3 Å². The molecule has 0 bridgehead atoms. The van der Waals surface area contributed by atoms with Crippen LogP contribution in [0.4, 0.5) is 0 Å². The molecule has 0 spiro atoms. The number of ether oxygens (including phenoxy) is 1. The summed E-state index contributed by atoms with van der Waals surface area (Å²) in [5.74, 6) is 0.438. The zero-order valence-electron chi connectivity index (χ0n) is 12.4. The minimum Gasteiger partial charge on any atom is -0.381 e. The summed E-state index contributed by atoms with van der Waals surface area (Å²) in [7, 11) is 0. The van der Waals surface area contributed by atoms with Crippen molar-refractivity contribution in [1.29, 1.82) is 0 Å². The molecule has 0 aliphatic carbocycles. The average molecular weight is 278 g/mol. The van der Waals surface area contributed by atoms with E-state index in [1.165, 1.54) is 25.9 Å². The van der Waals surface area contributed by atoms with Gasteiger partial charge in [0.05, 0.1) is 24.7 Å². The van der Waals surface area contributed by atoms with Crippen molar-refractivity contribution >= 4 is 0 Å². The standard InChI is InChI=1S/C15H26N4O/c1-12(18-5-2-3-6-18)9-19-11-17-8-14(19)15(16)13-4-7-20-10-13/h8,11-13,15H,2-7,9-10,16H2,1H3. The van der Waals surface area contributed by atoms with Crippen LogP contribution in [0.15, 0.2) is 12.5 Å². The van der Waals surface area contributed by atoms with Crippen LogP contribution in [0.5, 0.6) is 0 Å². The van der Waals surface area contributed by atoms with Gasteiger partial charge in [-0.3, -0.25) is 4.90 Å². The number of hydrogen-bond acceptors (Lipinski definition) is 4. The summed E-state index contributed by atoms with van der Waals surface area (Å²) in [5.41, 5.74) is 7.58. The molecule has 3 heterocycles.